The Hall–Kier alpha value is -2.67. The molecule has 7 heteroatoms. The van der Waals surface area contributed by atoms with Crippen LogP contribution in [-0.4, -0.2) is 65.4 Å². The van der Waals surface area contributed by atoms with Crippen LogP contribution in [0.15, 0.2) is 35.1 Å². The van der Waals surface area contributed by atoms with Crippen molar-refractivity contribution in [2.75, 3.05) is 32.7 Å². The van der Waals surface area contributed by atoms with E-state index in [0.717, 1.165) is 11.8 Å². The molecular weight excluding hydrogens is 344 g/mol. The highest BCUT2D eigenvalue weighted by Crippen LogP contribution is 2.17. The average Bonchev–Trinajstić information content (AvgIpc) is 2.67. The number of hydrogen-bond acceptors (Lipinski definition) is 4. The zero-order valence-corrected chi connectivity index (χ0v) is 15.8. The Morgan fingerprint density at radius 1 is 1.19 bits per heavy atom. The van der Waals surface area contributed by atoms with E-state index in [2.05, 4.69) is 15.2 Å². The summed E-state index contributed by atoms with van der Waals surface area (Å²) in [6.45, 7) is 6.73. The van der Waals surface area contributed by atoms with Crippen molar-refractivity contribution >= 4 is 22.7 Å². The minimum absolute atomic E-state index is 0.0183. The van der Waals surface area contributed by atoms with Gasteiger partial charge in [-0.2, -0.15) is 0 Å². The lowest BCUT2D eigenvalue weighted by Crippen LogP contribution is -2.51. The fraction of sp³-hybridized carbons (Fsp3) is 0.450. The van der Waals surface area contributed by atoms with Crippen LogP contribution in [0.1, 0.15) is 30.6 Å². The molecule has 7 nitrogen and oxygen atoms in total. The molecule has 3 rings (SSSR count). The topological polar surface area (TPSA) is 85.5 Å². The number of piperazine rings is 1. The molecule has 27 heavy (non-hydrogen) atoms. The molecule has 144 valence electrons. The molecule has 1 unspecified atom stereocenters. The molecule has 2 amide bonds. The number of aromatic nitrogens is 1. The summed E-state index contributed by atoms with van der Waals surface area (Å²) in [6, 6.07) is 8.86. The Bertz CT molecular complexity index is 884. The van der Waals surface area contributed by atoms with Crippen molar-refractivity contribution in [3.63, 3.8) is 0 Å². The Kier molecular flexibility index (Phi) is 5.91. The number of rotatable bonds is 5. The maximum atomic E-state index is 13.0. The summed E-state index contributed by atoms with van der Waals surface area (Å²) in [7, 11) is 0. The first-order valence-electron chi connectivity index (χ1n) is 9.41. The summed E-state index contributed by atoms with van der Waals surface area (Å²) in [6.07, 6.45) is 0.901. The first kappa shape index (κ1) is 19.1. The van der Waals surface area contributed by atoms with Crippen LogP contribution < -0.4 is 10.9 Å². The summed E-state index contributed by atoms with van der Waals surface area (Å²) in [5.74, 6) is -0.120. The van der Waals surface area contributed by atoms with Crippen LogP contribution in [0, 0.1) is 0 Å². The van der Waals surface area contributed by atoms with Gasteiger partial charge in [0, 0.05) is 49.2 Å². The van der Waals surface area contributed by atoms with Gasteiger partial charge in [-0.15, -0.1) is 0 Å². The smallest absolute Gasteiger partial charge is 0.254 e. The molecule has 0 bridgehead atoms. The summed E-state index contributed by atoms with van der Waals surface area (Å²) in [5, 5.41) is 3.71. The van der Waals surface area contributed by atoms with Gasteiger partial charge in [-0.3, -0.25) is 19.3 Å². The third kappa shape index (κ3) is 4.54. The van der Waals surface area contributed by atoms with E-state index in [9.17, 15) is 14.4 Å². The van der Waals surface area contributed by atoms with Crippen molar-refractivity contribution in [2.45, 2.75) is 26.3 Å². The van der Waals surface area contributed by atoms with Gasteiger partial charge in [-0.1, -0.05) is 25.1 Å². The van der Waals surface area contributed by atoms with Gasteiger partial charge in [0.1, 0.15) is 0 Å². The minimum Gasteiger partial charge on any atom is -0.353 e. The number of aromatic amines is 1. The maximum Gasteiger partial charge on any atom is 0.254 e. The van der Waals surface area contributed by atoms with Crippen LogP contribution in [-0.2, 0) is 4.79 Å². The predicted molar refractivity (Wildman–Crippen MR) is 105 cm³/mol. The van der Waals surface area contributed by atoms with Crippen LogP contribution >= 0.6 is 0 Å². The van der Waals surface area contributed by atoms with Crippen LogP contribution in [0.4, 0.5) is 0 Å². The van der Waals surface area contributed by atoms with E-state index in [-0.39, 0.29) is 23.4 Å². The van der Waals surface area contributed by atoms with Gasteiger partial charge < -0.3 is 15.2 Å². The third-order valence-electron chi connectivity index (χ3n) is 5.03. The molecule has 1 aromatic heterocycles. The lowest BCUT2D eigenvalue weighted by atomic mass is 10.1. The van der Waals surface area contributed by atoms with E-state index < -0.39 is 0 Å². The average molecular weight is 370 g/mol. The summed E-state index contributed by atoms with van der Waals surface area (Å²) in [5.41, 5.74) is 0.809. The van der Waals surface area contributed by atoms with Crippen molar-refractivity contribution in [3.05, 3.63) is 46.2 Å². The molecule has 0 radical (unpaired) electrons. The molecule has 1 atom stereocenters. The SMILES string of the molecule is CCC(C)NC(=O)CN1CCN(C(=O)c2cc(=O)[nH]c3ccccc23)CC1. The van der Waals surface area contributed by atoms with Gasteiger partial charge in [0.25, 0.3) is 5.91 Å². The highest BCUT2D eigenvalue weighted by molar-refractivity contribution is 6.06. The Morgan fingerprint density at radius 3 is 2.59 bits per heavy atom. The monoisotopic (exact) mass is 370 g/mol. The molecule has 1 aliphatic rings. The van der Waals surface area contributed by atoms with E-state index in [0.29, 0.717) is 43.8 Å². The molecule has 0 spiro atoms. The highest BCUT2D eigenvalue weighted by atomic mass is 16.2. The molecule has 2 aromatic rings. The lowest BCUT2D eigenvalue weighted by Gasteiger charge is -2.34. The predicted octanol–water partition coefficient (Wildman–Crippen LogP) is 1.20. The van der Waals surface area contributed by atoms with Crippen LogP contribution in [0.2, 0.25) is 0 Å². The van der Waals surface area contributed by atoms with Crippen LogP contribution in [0.25, 0.3) is 10.9 Å². The van der Waals surface area contributed by atoms with E-state index in [4.69, 9.17) is 0 Å². The zero-order valence-electron chi connectivity index (χ0n) is 15.8. The number of benzene rings is 1. The summed E-state index contributed by atoms with van der Waals surface area (Å²) < 4.78 is 0. The van der Waals surface area contributed by atoms with E-state index in [1.54, 1.807) is 11.0 Å². The Labute approximate surface area is 158 Å². The zero-order chi connectivity index (χ0) is 19.4. The maximum absolute atomic E-state index is 13.0. The molecular formula is C20H26N4O3. The summed E-state index contributed by atoms with van der Waals surface area (Å²) in [4.78, 5) is 43.4. The first-order chi connectivity index (χ1) is 13.0. The second-order valence-electron chi connectivity index (χ2n) is 7.04. The van der Waals surface area contributed by atoms with E-state index >= 15 is 0 Å². The van der Waals surface area contributed by atoms with Crippen molar-refractivity contribution in [1.82, 2.24) is 20.1 Å². The second kappa shape index (κ2) is 8.35. The molecule has 2 N–H and O–H groups in total. The fourth-order valence-corrected chi connectivity index (χ4v) is 3.29. The fourth-order valence-electron chi connectivity index (χ4n) is 3.29. The Morgan fingerprint density at radius 2 is 1.89 bits per heavy atom. The molecule has 1 saturated heterocycles. The van der Waals surface area contributed by atoms with Crippen molar-refractivity contribution < 1.29 is 9.59 Å². The number of carbonyl (C=O) groups is 2. The number of pyridine rings is 1. The number of fused-ring (bicyclic) bond motifs is 1. The number of H-pyrrole nitrogens is 1. The van der Waals surface area contributed by atoms with Crippen molar-refractivity contribution in [3.8, 4) is 0 Å². The number of nitrogens with zero attached hydrogens (tertiary/aromatic N) is 2. The summed E-state index contributed by atoms with van der Waals surface area (Å²) >= 11 is 0. The normalized spacial score (nSPS) is 16.3. The molecule has 1 aliphatic heterocycles. The largest absolute Gasteiger partial charge is 0.353 e. The third-order valence-corrected chi connectivity index (χ3v) is 5.03. The van der Waals surface area contributed by atoms with Gasteiger partial charge in [0.05, 0.1) is 12.1 Å². The van der Waals surface area contributed by atoms with Crippen molar-refractivity contribution in [2.24, 2.45) is 0 Å². The van der Waals surface area contributed by atoms with Gasteiger partial charge in [0.2, 0.25) is 11.5 Å². The van der Waals surface area contributed by atoms with Gasteiger partial charge >= 0.3 is 0 Å². The van der Waals surface area contributed by atoms with E-state index in [1.807, 2.05) is 32.0 Å². The van der Waals surface area contributed by atoms with Gasteiger partial charge in [0.15, 0.2) is 0 Å². The number of para-hydroxylation sites is 1. The number of hydrogen-bond donors (Lipinski definition) is 2. The molecule has 1 aromatic carbocycles. The van der Waals surface area contributed by atoms with E-state index in [1.165, 1.54) is 6.07 Å². The standard InChI is InChI=1S/C20H26N4O3/c1-3-14(2)21-19(26)13-23-8-10-24(11-9-23)20(27)16-12-18(25)22-17-7-5-4-6-15(16)17/h4-7,12,14H,3,8-11,13H2,1-2H3,(H,21,26)(H,22,25). The first-order valence-corrected chi connectivity index (χ1v) is 9.41. The van der Waals surface area contributed by atoms with Gasteiger partial charge in [-0.05, 0) is 19.4 Å². The number of nitrogens with one attached hydrogen (secondary N) is 2. The van der Waals surface area contributed by atoms with Crippen LogP contribution in [0.5, 0.6) is 0 Å². The molecule has 1 fully saturated rings. The molecule has 2 heterocycles. The minimum atomic E-state index is -0.280. The van der Waals surface area contributed by atoms with Crippen LogP contribution in [0.3, 0.4) is 0 Å². The number of carbonyl (C=O) groups excluding carboxylic acids is 2. The molecule has 0 saturated carbocycles. The lowest BCUT2D eigenvalue weighted by molar-refractivity contribution is -0.123. The second-order valence-corrected chi connectivity index (χ2v) is 7.04. The quantitative estimate of drug-likeness (QED) is 0.828. The van der Waals surface area contributed by atoms with Crippen molar-refractivity contribution in [1.29, 1.82) is 0 Å². The highest BCUT2D eigenvalue weighted by Gasteiger charge is 2.25. The molecule has 0 aliphatic carbocycles. The number of amides is 2. The Balaban J connectivity index is 1.64. The van der Waals surface area contributed by atoms with Gasteiger partial charge in [-0.25, -0.2) is 0 Å².